The molecule has 1 aromatic heterocycles. The van der Waals surface area contributed by atoms with Gasteiger partial charge in [-0.05, 0) is 68.3 Å². The molecule has 4 rings (SSSR count). The van der Waals surface area contributed by atoms with Crippen LogP contribution in [0.1, 0.15) is 41.0 Å². The van der Waals surface area contributed by atoms with E-state index in [0.29, 0.717) is 23.7 Å². The van der Waals surface area contributed by atoms with E-state index in [1.54, 1.807) is 36.4 Å². The van der Waals surface area contributed by atoms with Crippen LogP contribution in [0.15, 0.2) is 70.9 Å². The van der Waals surface area contributed by atoms with E-state index < -0.39 is 17.7 Å². The standard InChI is InChI=1S/C26H25NO5/c1-4-31-20-11-9-18(10-12-20)24(28)22-23(21-6-5-13-32-21)27(26(30)25(22)29)15-19-14-16(2)7-8-17(19)3/h5-14,23,28H,4,15H2,1-3H3/b24-22-. The van der Waals surface area contributed by atoms with Gasteiger partial charge in [0, 0.05) is 12.1 Å². The van der Waals surface area contributed by atoms with Crippen molar-refractivity contribution in [3.05, 3.63) is 94.4 Å². The fraction of sp³-hybridized carbons (Fsp3) is 0.231. The molecule has 1 saturated heterocycles. The SMILES string of the molecule is CCOc1ccc(/C(O)=C2/C(=O)C(=O)N(Cc3cc(C)ccc3C)C2c2ccco2)cc1. The number of ketones is 1. The van der Waals surface area contributed by atoms with Crippen LogP contribution in [0.3, 0.4) is 0 Å². The van der Waals surface area contributed by atoms with Crippen LogP contribution in [0.4, 0.5) is 0 Å². The van der Waals surface area contributed by atoms with Crippen LogP contribution in [-0.2, 0) is 16.1 Å². The Morgan fingerprint density at radius 3 is 2.50 bits per heavy atom. The molecule has 1 atom stereocenters. The second-order valence-corrected chi connectivity index (χ2v) is 7.83. The number of hydrogen-bond acceptors (Lipinski definition) is 5. The van der Waals surface area contributed by atoms with E-state index in [0.717, 1.165) is 16.7 Å². The van der Waals surface area contributed by atoms with Gasteiger partial charge in [0.2, 0.25) is 0 Å². The molecule has 0 spiro atoms. The van der Waals surface area contributed by atoms with Crippen LogP contribution >= 0.6 is 0 Å². The summed E-state index contributed by atoms with van der Waals surface area (Å²) in [5.41, 5.74) is 3.45. The van der Waals surface area contributed by atoms with Crippen LogP contribution in [0.25, 0.3) is 5.76 Å². The fourth-order valence-electron chi connectivity index (χ4n) is 3.97. The lowest BCUT2D eigenvalue weighted by atomic mass is 9.98. The summed E-state index contributed by atoms with van der Waals surface area (Å²) in [7, 11) is 0. The first-order valence-corrected chi connectivity index (χ1v) is 10.5. The van der Waals surface area contributed by atoms with Crippen molar-refractivity contribution in [3.8, 4) is 5.75 Å². The molecule has 1 aliphatic rings. The van der Waals surface area contributed by atoms with Crippen LogP contribution in [0.2, 0.25) is 0 Å². The van der Waals surface area contributed by atoms with Crippen molar-refractivity contribution < 1.29 is 23.8 Å². The molecule has 1 N–H and O–H groups in total. The minimum atomic E-state index is -0.823. The average Bonchev–Trinajstić information content (AvgIpc) is 3.39. The summed E-state index contributed by atoms with van der Waals surface area (Å²) in [6, 6.07) is 15.3. The number of hydrogen-bond donors (Lipinski definition) is 1. The first kappa shape index (κ1) is 21.4. The lowest BCUT2D eigenvalue weighted by molar-refractivity contribution is -0.140. The molecule has 0 radical (unpaired) electrons. The van der Waals surface area contributed by atoms with E-state index in [1.165, 1.54) is 11.2 Å². The van der Waals surface area contributed by atoms with Crippen LogP contribution in [-0.4, -0.2) is 28.3 Å². The molecule has 6 heteroatoms. The molecule has 0 aliphatic carbocycles. The number of aryl methyl sites for hydroxylation is 2. The highest BCUT2D eigenvalue weighted by molar-refractivity contribution is 6.46. The second-order valence-electron chi connectivity index (χ2n) is 7.83. The van der Waals surface area contributed by atoms with Gasteiger partial charge in [0.15, 0.2) is 0 Å². The van der Waals surface area contributed by atoms with Gasteiger partial charge < -0.3 is 19.2 Å². The number of likely N-dealkylation sites (tertiary alicyclic amines) is 1. The highest BCUT2D eigenvalue weighted by atomic mass is 16.5. The Balaban J connectivity index is 1.79. The molecular weight excluding hydrogens is 406 g/mol. The Morgan fingerprint density at radius 1 is 1.09 bits per heavy atom. The maximum absolute atomic E-state index is 13.1. The third-order valence-electron chi connectivity index (χ3n) is 5.64. The van der Waals surface area contributed by atoms with Gasteiger partial charge in [-0.25, -0.2) is 0 Å². The summed E-state index contributed by atoms with van der Waals surface area (Å²) in [5.74, 6) is -0.567. The minimum absolute atomic E-state index is 0.0133. The van der Waals surface area contributed by atoms with E-state index in [4.69, 9.17) is 9.15 Å². The highest BCUT2D eigenvalue weighted by Gasteiger charge is 2.47. The molecule has 2 aromatic carbocycles. The number of carbonyl (C=O) groups is 2. The van der Waals surface area contributed by atoms with Crippen molar-refractivity contribution in [2.24, 2.45) is 0 Å². The Bertz CT molecular complexity index is 1180. The number of carbonyl (C=O) groups excluding carboxylic acids is 2. The van der Waals surface area contributed by atoms with Gasteiger partial charge in [-0.2, -0.15) is 0 Å². The van der Waals surface area contributed by atoms with Crippen molar-refractivity contribution in [2.45, 2.75) is 33.4 Å². The van der Waals surface area contributed by atoms with Crippen molar-refractivity contribution in [3.63, 3.8) is 0 Å². The van der Waals surface area contributed by atoms with Gasteiger partial charge in [0.25, 0.3) is 11.7 Å². The molecule has 0 bridgehead atoms. The third kappa shape index (κ3) is 3.91. The second kappa shape index (κ2) is 8.75. The third-order valence-corrected chi connectivity index (χ3v) is 5.64. The molecule has 1 aliphatic heterocycles. The summed E-state index contributed by atoms with van der Waals surface area (Å²) >= 11 is 0. The zero-order valence-electron chi connectivity index (χ0n) is 18.3. The predicted octanol–water partition coefficient (Wildman–Crippen LogP) is 4.92. The van der Waals surface area contributed by atoms with Gasteiger partial charge >= 0.3 is 0 Å². The van der Waals surface area contributed by atoms with Crippen LogP contribution in [0, 0.1) is 13.8 Å². The summed E-state index contributed by atoms with van der Waals surface area (Å²) in [6.45, 7) is 6.58. The Kier molecular flexibility index (Phi) is 5.86. The molecule has 3 aromatic rings. The Morgan fingerprint density at radius 2 is 1.84 bits per heavy atom. The number of nitrogens with zero attached hydrogens (tertiary/aromatic N) is 1. The molecule has 2 heterocycles. The predicted molar refractivity (Wildman–Crippen MR) is 120 cm³/mol. The lowest BCUT2D eigenvalue weighted by Gasteiger charge is -2.24. The highest BCUT2D eigenvalue weighted by Crippen LogP contribution is 2.40. The van der Waals surface area contributed by atoms with Gasteiger partial charge in [-0.1, -0.05) is 23.8 Å². The Labute approximate surface area is 186 Å². The largest absolute Gasteiger partial charge is 0.507 e. The monoisotopic (exact) mass is 431 g/mol. The summed E-state index contributed by atoms with van der Waals surface area (Å²) in [4.78, 5) is 27.6. The van der Waals surface area contributed by atoms with Gasteiger partial charge in [0.1, 0.15) is 23.3 Å². The maximum atomic E-state index is 13.1. The number of rotatable bonds is 6. The van der Waals surface area contributed by atoms with Crippen LogP contribution in [0.5, 0.6) is 5.75 Å². The lowest BCUT2D eigenvalue weighted by Crippen LogP contribution is -2.29. The molecule has 1 fully saturated rings. The average molecular weight is 431 g/mol. The molecular formula is C26H25NO5. The van der Waals surface area contributed by atoms with E-state index in [1.807, 2.05) is 39.0 Å². The van der Waals surface area contributed by atoms with Gasteiger partial charge in [0.05, 0.1) is 18.4 Å². The van der Waals surface area contributed by atoms with Crippen molar-refractivity contribution in [1.82, 2.24) is 4.90 Å². The fourth-order valence-corrected chi connectivity index (χ4v) is 3.97. The Hall–Kier alpha value is -3.80. The van der Waals surface area contributed by atoms with E-state index >= 15 is 0 Å². The number of furan rings is 1. The van der Waals surface area contributed by atoms with E-state index in [-0.39, 0.29) is 17.9 Å². The van der Waals surface area contributed by atoms with E-state index in [9.17, 15) is 14.7 Å². The van der Waals surface area contributed by atoms with Crippen molar-refractivity contribution in [2.75, 3.05) is 6.61 Å². The molecule has 1 amide bonds. The van der Waals surface area contributed by atoms with Crippen molar-refractivity contribution >= 4 is 17.4 Å². The van der Waals surface area contributed by atoms with E-state index in [2.05, 4.69) is 0 Å². The molecule has 1 unspecified atom stereocenters. The normalized spacial score (nSPS) is 17.7. The minimum Gasteiger partial charge on any atom is -0.507 e. The first-order valence-electron chi connectivity index (χ1n) is 10.5. The zero-order valence-corrected chi connectivity index (χ0v) is 18.3. The molecule has 0 saturated carbocycles. The smallest absolute Gasteiger partial charge is 0.296 e. The van der Waals surface area contributed by atoms with Crippen molar-refractivity contribution in [1.29, 1.82) is 0 Å². The van der Waals surface area contributed by atoms with Gasteiger partial charge in [-0.3, -0.25) is 9.59 Å². The van der Waals surface area contributed by atoms with Gasteiger partial charge in [-0.15, -0.1) is 0 Å². The number of benzene rings is 2. The maximum Gasteiger partial charge on any atom is 0.296 e. The number of aliphatic hydroxyl groups excluding tert-OH is 1. The van der Waals surface area contributed by atoms with Crippen LogP contribution < -0.4 is 4.74 Å². The summed E-state index contributed by atoms with van der Waals surface area (Å²) in [5, 5.41) is 11.1. The molecule has 32 heavy (non-hydrogen) atoms. The number of ether oxygens (including phenoxy) is 1. The topological polar surface area (TPSA) is 80.0 Å². The molecule has 6 nitrogen and oxygen atoms in total. The number of aliphatic hydroxyl groups is 1. The quantitative estimate of drug-likeness (QED) is 0.341. The summed E-state index contributed by atoms with van der Waals surface area (Å²) in [6.07, 6.45) is 1.49. The number of Topliss-reactive ketones (excluding diaryl/α,β-unsaturated/α-hetero) is 1. The number of amides is 1. The summed E-state index contributed by atoms with van der Waals surface area (Å²) < 4.78 is 11.0. The first-order chi connectivity index (χ1) is 15.4. The zero-order chi connectivity index (χ0) is 22.8. The molecule has 164 valence electrons.